The van der Waals surface area contributed by atoms with Gasteiger partial charge in [0.25, 0.3) is 0 Å². The Morgan fingerprint density at radius 2 is 1.43 bits per heavy atom. The predicted molar refractivity (Wildman–Crippen MR) is 87.3 cm³/mol. The van der Waals surface area contributed by atoms with Gasteiger partial charge >= 0.3 is 11.9 Å². The number of amides is 1. The van der Waals surface area contributed by atoms with Crippen LogP contribution in [0.5, 0.6) is 0 Å². The summed E-state index contributed by atoms with van der Waals surface area (Å²) in [6, 6.07) is 9.58. The highest BCUT2D eigenvalue weighted by atomic mass is 16.4. The van der Waals surface area contributed by atoms with Gasteiger partial charge < -0.3 is 15.5 Å². The zero-order valence-electron chi connectivity index (χ0n) is 13.4. The van der Waals surface area contributed by atoms with Crippen LogP contribution < -0.4 is 10.6 Å². The number of para-hydroxylation sites is 1. The molecule has 0 aliphatic carbocycles. The van der Waals surface area contributed by atoms with Gasteiger partial charge in [-0.05, 0) is 25.0 Å². The van der Waals surface area contributed by atoms with E-state index in [-0.39, 0.29) is 24.9 Å². The van der Waals surface area contributed by atoms with Crippen molar-refractivity contribution in [1.29, 1.82) is 0 Å². The molecular weight excluding hydrogens is 300 g/mol. The molecule has 1 rings (SSSR count). The average Bonchev–Trinajstić information content (AvgIpc) is 2.49. The Hall–Kier alpha value is -2.41. The first-order chi connectivity index (χ1) is 10.9. The lowest BCUT2D eigenvalue weighted by atomic mass is 10.0. The molecule has 128 valence electrons. The third-order valence-electron chi connectivity index (χ3n) is 2.95. The molecular formula is C16H24N2O5. The number of aliphatic carboxylic acids is 2. The van der Waals surface area contributed by atoms with Crippen LogP contribution in [0.1, 0.15) is 26.7 Å². The number of carbonyl (C=O) groups excluding carboxylic acids is 1. The molecule has 0 bridgehead atoms. The second-order valence-electron chi connectivity index (χ2n) is 4.76. The largest absolute Gasteiger partial charge is 0.480 e. The molecule has 1 aromatic carbocycles. The number of carboxylic acids is 2. The molecule has 0 saturated heterocycles. The Labute approximate surface area is 135 Å². The van der Waals surface area contributed by atoms with Crippen molar-refractivity contribution in [2.45, 2.75) is 26.7 Å². The standard InChI is InChI=1S/C12H17NO.C4H7NO4/c1-3-10(4-2)12(14)13-11-8-6-5-7-9-11;6-3(7)1-5-2-4(8)9/h5-10H,3-4H2,1-2H3,(H,13,14);5H,1-2H2,(H,6,7)(H,8,9). The minimum Gasteiger partial charge on any atom is -0.480 e. The second-order valence-corrected chi connectivity index (χ2v) is 4.76. The number of hydrogen-bond acceptors (Lipinski definition) is 4. The molecule has 0 unspecified atom stereocenters. The fourth-order valence-corrected chi connectivity index (χ4v) is 1.70. The number of carboxylic acid groups (broad SMARTS) is 2. The molecule has 7 nitrogen and oxygen atoms in total. The highest BCUT2D eigenvalue weighted by molar-refractivity contribution is 5.92. The lowest BCUT2D eigenvalue weighted by Crippen LogP contribution is -2.27. The average molecular weight is 324 g/mol. The Bertz CT molecular complexity index is 473. The molecule has 0 spiro atoms. The van der Waals surface area contributed by atoms with Crippen LogP contribution in [-0.4, -0.2) is 41.1 Å². The van der Waals surface area contributed by atoms with Gasteiger partial charge in [0.15, 0.2) is 0 Å². The van der Waals surface area contributed by atoms with Gasteiger partial charge in [-0.15, -0.1) is 0 Å². The lowest BCUT2D eigenvalue weighted by Gasteiger charge is -2.12. The van der Waals surface area contributed by atoms with E-state index in [1.807, 2.05) is 44.2 Å². The SMILES string of the molecule is CCC(CC)C(=O)Nc1ccccc1.O=C(O)CNCC(=O)O. The van der Waals surface area contributed by atoms with Gasteiger partial charge in [-0.25, -0.2) is 0 Å². The van der Waals surface area contributed by atoms with E-state index in [0.717, 1.165) is 18.5 Å². The first kappa shape index (κ1) is 20.6. The monoisotopic (exact) mass is 324 g/mol. The summed E-state index contributed by atoms with van der Waals surface area (Å²) in [5, 5.41) is 21.0. The first-order valence-corrected chi connectivity index (χ1v) is 7.40. The third-order valence-corrected chi connectivity index (χ3v) is 2.95. The fraction of sp³-hybridized carbons (Fsp3) is 0.438. The molecule has 1 aromatic rings. The summed E-state index contributed by atoms with van der Waals surface area (Å²) in [5.41, 5.74) is 0.879. The number of hydrogen-bond donors (Lipinski definition) is 4. The van der Waals surface area contributed by atoms with Crippen LogP contribution in [0.15, 0.2) is 30.3 Å². The van der Waals surface area contributed by atoms with Crippen LogP contribution in [0.4, 0.5) is 5.69 Å². The molecule has 0 atom stereocenters. The zero-order chi connectivity index (χ0) is 17.7. The topological polar surface area (TPSA) is 116 Å². The molecule has 23 heavy (non-hydrogen) atoms. The Morgan fingerprint density at radius 1 is 0.957 bits per heavy atom. The summed E-state index contributed by atoms with van der Waals surface area (Å²) >= 11 is 0. The van der Waals surface area contributed by atoms with Crippen LogP contribution in [0.3, 0.4) is 0 Å². The Balaban J connectivity index is 0.000000468. The fourth-order valence-electron chi connectivity index (χ4n) is 1.70. The van der Waals surface area contributed by atoms with Crippen molar-refractivity contribution in [3.8, 4) is 0 Å². The van der Waals surface area contributed by atoms with Crippen LogP contribution in [0.25, 0.3) is 0 Å². The van der Waals surface area contributed by atoms with Crippen molar-refractivity contribution in [2.75, 3.05) is 18.4 Å². The molecule has 0 heterocycles. The maximum atomic E-state index is 11.7. The quantitative estimate of drug-likeness (QED) is 0.579. The first-order valence-electron chi connectivity index (χ1n) is 7.40. The van der Waals surface area contributed by atoms with Gasteiger partial charge in [0.2, 0.25) is 5.91 Å². The van der Waals surface area contributed by atoms with E-state index in [1.54, 1.807) is 0 Å². The van der Waals surface area contributed by atoms with Crippen LogP contribution in [0, 0.1) is 5.92 Å². The van der Waals surface area contributed by atoms with E-state index < -0.39 is 11.9 Å². The Kier molecular flexibility index (Phi) is 10.9. The zero-order valence-corrected chi connectivity index (χ0v) is 13.4. The van der Waals surface area contributed by atoms with Crippen LogP contribution >= 0.6 is 0 Å². The van der Waals surface area contributed by atoms with Gasteiger partial charge in [0, 0.05) is 11.6 Å². The smallest absolute Gasteiger partial charge is 0.317 e. The highest BCUT2D eigenvalue weighted by Crippen LogP contribution is 2.12. The van der Waals surface area contributed by atoms with Crippen molar-refractivity contribution in [2.24, 2.45) is 5.92 Å². The van der Waals surface area contributed by atoms with Crippen molar-refractivity contribution < 1.29 is 24.6 Å². The van der Waals surface area contributed by atoms with E-state index in [4.69, 9.17) is 10.2 Å². The molecule has 0 radical (unpaired) electrons. The predicted octanol–water partition coefficient (Wildman–Crippen LogP) is 1.81. The van der Waals surface area contributed by atoms with Crippen LogP contribution in [0.2, 0.25) is 0 Å². The molecule has 0 aliphatic rings. The minimum absolute atomic E-state index is 0.126. The molecule has 0 aliphatic heterocycles. The van der Waals surface area contributed by atoms with Crippen molar-refractivity contribution >= 4 is 23.5 Å². The van der Waals surface area contributed by atoms with Gasteiger partial charge in [-0.2, -0.15) is 0 Å². The second kappa shape index (κ2) is 12.2. The van der Waals surface area contributed by atoms with E-state index in [1.165, 1.54) is 0 Å². The van der Waals surface area contributed by atoms with E-state index in [0.29, 0.717) is 0 Å². The van der Waals surface area contributed by atoms with Gasteiger partial charge in [-0.1, -0.05) is 32.0 Å². The third kappa shape index (κ3) is 10.9. The van der Waals surface area contributed by atoms with Crippen molar-refractivity contribution in [3.63, 3.8) is 0 Å². The van der Waals surface area contributed by atoms with Gasteiger partial charge in [0.05, 0.1) is 13.1 Å². The van der Waals surface area contributed by atoms with Gasteiger partial charge in [-0.3, -0.25) is 19.7 Å². The molecule has 1 amide bonds. The number of benzene rings is 1. The van der Waals surface area contributed by atoms with E-state index in [9.17, 15) is 14.4 Å². The number of nitrogens with one attached hydrogen (secondary N) is 2. The highest BCUT2D eigenvalue weighted by Gasteiger charge is 2.13. The van der Waals surface area contributed by atoms with Crippen LogP contribution in [-0.2, 0) is 14.4 Å². The minimum atomic E-state index is -1.06. The summed E-state index contributed by atoms with van der Waals surface area (Å²) in [6.07, 6.45) is 1.80. The Morgan fingerprint density at radius 3 is 1.83 bits per heavy atom. The molecule has 0 fully saturated rings. The molecule has 7 heteroatoms. The van der Waals surface area contributed by atoms with Crippen molar-refractivity contribution in [1.82, 2.24) is 5.32 Å². The number of rotatable bonds is 8. The van der Waals surface area contributed by atoms with E-state index in [2.05, 4.69) is 10.6 Å². The number of anilines is 1. The summed E-state index contributed by atoms with van der Waals surface area (Å²) in [4.78, 5) is 31.1. The maximum Gasteiger partial charge on any atom is 0.317 e. The number of carbonyl (C=O) groups is 3. The summed E-state index contributed by atoms with van der Waals surface area (Å²) < 4.78 is 0. The summed E-state index contributed by atoms with van der Waals surface area (Å²) in [5.74, 6) is -1.86. The van der Waals surface area contributed by atoms with E-state index >= 15 is 0 Å². The lowest BCUT2D eigenvalue weighted by molar-refractivity contribution is -0.137. The van der Waals surface area contributed by atoms with Crippen molar-refractivity contribution in [3.05, 3.63) is 30.3 Å². The summed E-state index contributed by atoms with van der Waals surface area (Å²) in [6.45, 7) is 3.45. The molecule has 0 saturated carbocycles. The summed E-state index contributed by atoms with van der Waals surface area (Å²) in [7, 11) is 0. The normalized spacial score (nSPS) is 9.70. The molecule has 0 aromatic heterocycles. The van der Waals surface area contributed by atoms with Gasteiger partial charge in [0.1, 0.15) is 0 Å². The maximum absolute atomic E-state index is 11.7. The molecule has 4 N–H and O–H groups in total.